The van der Waals surface area contributed by atoms with E-state index in [0.29, 0.717) is 23.7 Å². The molecular weight excluding hydrogens is 226 g/mol. The number of nitrogens with one attached hydrogen (secondary N) is 1. The zero-order valence-corrected chi connectivity index (χ0v) is 10.5. The molecule has 1 amide bonds. The van der Waals surface area contributed by atoms with Gasteiger partial charge in [-0.1, -0.05) is 13.0 Å². The van der Waals surface area contributed by atoms with E-state index >= 15 is 0 Å². The van der Waals surface area contributed by atoms with Crippen molar-refractivity contribution in [2.75, 3.05) is 25.0 Å². The van der Waals surface area contributed by atoms with Gasteiger partial charge in [0.05, 0.1) is 18.2 Å². The zero-order valence-electron chi connectivity index (χ0n) is 10.5. The molecule has 1 unspecified atom stereocenters. The number of benzene rings is 1. The fourth-order valence-corrected chi connectivity index (χ4v) is 2.24. The molecule has 0 bridgehead atoms. The second-order valence-corrected chi connectivity index (χ2v) is 4.87. The Labute approximate surface area is 107 Å². The lowest BCUT2D eigenvalue weighted by molar-refractivity contribution is -0.117. The number of amides is 1. The SMILES string of the molecule is CC1CCN(CC(=O)Nc2cccc(C#N)c2)C1. The maximum Gasteiger partial charge on any atom is 0.238 e. The third kappa shape index (κ3) is 3.31. The van der Waals surface area contributed by atoms with Gasteiger partial charge in [0.1, 0.15) is 0 Å². The summed E-state index contributed by atoms with van der Waals surface area (Å²) in [5.74, 6) is 0.666. The average Bonchev–Trinajstić information content (AvgIpc) is 2.74. The van der Waals surface area contributed by atoms with E-state index in [1.165, 1.54) is 0 Å². The molecule has 1 heterocycles. The van der Waals surface area contributed by atoms with E-state index < -0.39 is 0 Å². The van der Waals surface area contributed by atoms with Gasteiger partial charge in [0.15, 0.2) is 0 Å². The van der Waals surface area contributed by atoms with Gasteiger partial charge in [-0.3, -0.25) is 9.69 Å². The van der Waals surface area contributed by atoms with Crippen LogP contribution in [0.1, 0.15) is 18.9 Å². The lowest BCUT2D eigenvalue weighted by atomic mass is 10.2. The number of hydrogen-bond acceptors (Lipinski definition) is 3. The molecule has 1 atom stereocenters. The fraction of sp³-hybridized carbons (Fsp3) is 0.429. The second-order valence-electron chi connectivity index (χ2n) is 4.87. The van der Waals surface area contributed by atoms with Crippen LogP contribution in [-0.2, 0) is 4.79 Å². The zero-order chi connectivity index (χ0) is 13.0. The largest absolute Gasteiger partial charge is 0.325 e. The van der Waals surface area contributed by atoms with Gasteiger partial charge in [0.25, 0.3) is 0 Å². The topological polar surface area (TPSA) is 56.1 Å². The van der Waals surface area contributed by atoms with E-state index in [4.69, 9.17) is 5.26 Å². The summed E-state index contributed by atoms with van der Waals surface area (Å²) in [4.78, 5) is 14.0. The van der Waals surface area contributed by atoms with Crippen molar-refractivity contribution in [1.29, 1.82) is 5.26 Å². The van der Waals surface area contributed by atoms with Crippen LogP contribution in [0.3, 0.4) is 0 Å². The van der Waals surface area contributed by atoms with E-state index in [1.807, 2.05) is 0 Å². The first-order valence-electron chi connectivity index (χ1n) is 6.20. The van der Waals surface area contributed by atoms with Crippen molar-refractivity contribution in [3.63, 3.8) is 0 Å². The summed E-state index contributed by atoms with van der Waals surface area (Å²) in [5, 5.41) is 11.6. The number of nitriles is 1. The van der Waals surface area contributed by atoms with Gasteiger partial charge in [-0.2, -0.15) is 5.26 Å². The minimum absolute atomic E-state index is 0.0146. The van der Waals surface area contributed by atoms with Crippen molar-refractivity contribution in [2.45, 2.75) is 13.3 Å². The average molecular weight is 243 g/mol. The number of rotatable bonds is 3. The second kappa shape index (κ2) is 5.65. The molecule has 1 aromatic rings. The third-order valence-electron chi connectivity index (χ3n) is 3.15. The van der Waals surface area contributed by atoms with Gasteiger partial charge >= 0.3 is 0 Å². The first-order chi connectivity index (χ1) is 8.67. The minimum atomic E-state index is -0.0146. The summed E-state index contributed by atoms with van der Waals surface area (Å²) in [6.07, 6.45) is 1.16. The Morgan fingerprint density at radius 2 is 2.44 bits per heavy atom. The van der Waals surface area contributed by atoms with Crippen LogP contribution in [0.15, 0.2) is 24.3 Å². The van der Waals surface area contributed by atoms with Crippen LogP contribution in [0.2, 0.25) is 0 Å². The van der Waals surface area contributed by atoms with Crippen molar-refractivity contribution in [3.8, 4) is 6.07 Å². The van der Waals surface area contributed by atoms with E-state index in [0.717, 1.165) is 19.5 Å². The molecule has 18 heavy (non-hydrogen) atoms. The molecule has 1 aliphatic rings. The minimum Gasteiger partial charge on any atom is -0.325 e. The van der Waals surface area contributed by atoms with Gasteiger partial charge in [-0.05, 0) is 37.1 Å². The van der Waals surface area contributed by atoms with E-state index in [2.05, 4.69) is 23.2 Å². The van der Waals surface area contributed by atoms with E-state index in [-0.39, 0.29) is 5.91 Å². The summed E-state index contributed by atoms with van der Waals surface area (Å²) in [5.41, 5.74) is 1.24. The monoisotopic (exact) mass is 243 g/mol. The van der Waals surface area contributed by atoms with Gasteiger partial charge in [-0.15, -0.1) is 0 Å². The van der Waals surface area contributed by atoms with E-state index in [9.17, 15) is 4.79 Å². The van der Waals surface area contributed by atoms with Crippen molar-refractivity contribution in [2.24, 2.45) is 5.92 Å². The summed E-state index contributed by atoms with van der Waals surface area (Å²) in [6.45, 7) is 4.62. The maximum atomic E-state index is 11.8. The van der Waals surface area contributed by atoms with Crippen LogP contribution in [0.4, 0.5) is 5.69 Å². The molecule has 0 aliphatic carbocycles. The normalized spacial score (nSPS) is 19.4. The molecule has 2 rings (SSSR count). The molecule has 1 fully saturated rings. The van der Waals surface area contributed by atoms with Crippen LogP contribution in [0.25, 0.3) is 0 Å². The molecule has 0 saturated carbocycles. The highest BCUT2D eigenvalue weighted by molar-refractivity contribution is 5.92. The number of likely N-dealkylation sites (tertiary alicyclic amines) is 1. The van der Waals surface area contributed by atoms with Crippen LogP contribution >= 0.6 is 0 Å². The molecule has 94 valence electrons. The molecule has 1 aromatic carbocycles. The smallest absolute Gasteiger partial charge is 0.238 e. The highest BCUT2D eigenvalue weighted by Gasteiger charge is 2.20. The quantitative estimate of drug-likeness (QED) is 0.881. The molecule has 1 saturated heterocycles. The number of hydrogen-bond donors (Lipinski definition) is 1. The van der Waals surface area contributed by atoms with Crippen molar-refractivity contribution in [3.05, 3.63) is 29.8 Å². The predicted octanol–water partition coefficient (Wildman–Crippen LogP) is 1.84. The van der Waals surface area contributed by atoms with Crippen LogP contribution in [0, 0.1) is 17.2 Å². The van der Waals surface area contributed by atoms with Crippen LogP contribution in [0.5, 0.6) is 0 Å². The molecule has 0 spiro atoms. The summed E-state index contributed by atoms with van der Waals surface area (Å²) in [6, 6.07) is 9.03. The first-order valence-corrected chi connectivity index (χ1v) is 6.20. The highest BCUT2D eigenvalue weighted by Crippen LogP contribution is 2.15. The Morgan fingerprint density at radius 1 is 1.61 bits per heavy atom. The Morgan fingerprint density at radius 3 is 3.11 bits per heavy atom. The van der Waals surface area contributed by atoms with Crippen molar-refractivity contribution < 1.29 is 4.79 Å². The Balaban J connectivity index is 1.89. The molecule has 1 N–H and O–H groups in total. The van der Waals surface area contributed by atoms with Gasteiger partial charge in [0.2, 0.25) is 5.91 Å². The molecule has 0 aromatic heterocycles. The summed E-state index contributed by atoms with van der Waals surface area (Å²) < 4.78 is 0. The van der Waals surface area contributed by atoms with Crippen LogP contribution in [-0.4, -0.2) is 30.4 Å². The molecule has 0 radical (unpaired) electrons. The summed E-state index contributed by atoms with van der Waals surface area (Å²) in [7, 11) is 0. The standard InChI is InChI=1S/C14H17N3O/c1-11-5-6-17(9-11)10-14(18)16-13-4-2-3-12(7-13)8-15/h2-4,7,11H,5-6,9-10H2,1H3,(H,16,18). The summed E-state index contributed by atoms with van der Waals surface area (Å²) >= 11 is 0. The van der Waals surface area contributed by atoms with Crippen molar-refractivity contribution >= 4 is 11.6 Å². The van der Waals surface area contributed by atoms with Gasteiger partial charge in [0, 0.05) is 12.2 Å². The predicted molar refractivity (Wildman–Crippen MR) is 70.0 cm³/mol. The molecule has 4 nitrogen and oxygen atoms in total. The Kier molecular flexibility index (Phi) is 3.96. The number of carbonyl (C=O) groups excluding carboxylic acids is 1. The van der Waals surface area contributed by atoms with Crippen molar-refractivity contribution in [1.82, 2.24) is 4.90 Å². The maximum absolute atomic E-state index is 11.8. The van der Waals surface area contributed by atoms with Gasteiger partial charge < -0.3 is 5.32 Å². The Hall–Kier alpha value is -1.86. The molecule has 1 aliphatic heterocycles. The molecule has 4 heteroatoms. The Bertz CT molecular complexity index is 478. The highest BCUT2D eigenvalue weighted by atomic mass is 16.2. The van der Waals surface area contributed by atoms with Gasteiger partial charge in [-0.25, -0.2) is 0 Å². The lowest BCUT2D eigenvalue weighted by Crippen LogP contribution is -2.31. The van der Waals surface area contributed by atoms with E-state index in [1.54, 1.807) is 24.3 Å². The molecular formula is C14H17N3O. The fourth-order valence-electron chi connectivity index (χ4n) is 2.24. The number of nitrogens with zero attached hydrogens (tertiary/aromatic N) is 2. The number of anilines is 1. The first kappa shape index (κ1) is 12.6. The third-order valence-corrected chi connectivity index (χ3v) is 3.15. The number of carbonyl (C=O) groups is 1. The van der Waals surface area contributed by atoms with Crippen LogP contribution < -0.4 is 5.32 Å². The lowest BCUT2D eigenvalue weighted by Gasteiger charge is -2.14.